The molecule has 15 heavy (non-hydrogen) atoms. The summed E-state index contributed by atoms with van der Waals surface area (Å²) in [4.78, 5) is 4.28. The predicted molar refractivity (Wildman–Crippen MR) is 63.5 cm³/mol. The van der Waals surface area contributed by atoms with Crippen LogP contribution in [0.2, 0.25) is 4.34 Å². The zero-order valence-electron chi connectivity index (χ0n) is 7.98. The van der Waals surface area contributed by atoms with Gasteiger partial charge >= 0.3 is 0 Å². The van der Waals surface area contributed by atoms with Crippen LogP contribution >= 0.6 is 34.9 Å². The van der Waals surface area contributed by atoms with Crippen molar-refractivity contribution in [2.45, 2.75) is 17.7 Å². The molecule has 2 heterocycles. The maximum absolute atomic E-state index is 5.89. The summed E-state index contributed by atoms with van der Waals surface area (Å²) in [6, 6.07) is 4.03. The highest BCUT2D eigenvalue weighted by Gasteiger charge is 2.05. The van der Waals surface area contributed by atoms with Crippen LogP contribution < -0.4 is 0 Å². The summed E-state index contributed by atoms with van der Waals surface area (Å²) in [7, 11) is 0. The van der Waals surface area contributed by atoms with Gasteiger partial charge in [-0.05, 0) is 18.6 Å². The fourth-order valence-electron chi connectivity index (χ4n) is 0.965. The average Bonchev–Trinajstić information content (AvgIpc) is 2.63. The zero-order chi connectivity index (χ0) is 10.7. The summed E-state index contributed by atoms with van der Waals surface area (Å²) in [5.41, 5.74) is 1.99. The molecule has 78 valence electrons. The smallest absolute Gasteiger partial charge is 0.138 e. The van der Waals surface area contributed by atoms with Crippen LogP contribution in [0.25, 0.3) is 0 Å². The highest BCUT2D eigenvalue weighted by Crippen LogP contribution is 2.25. The average molecular weight is 258 g/mol. The van der Waals surface area contributed by atoms with Crippen LogP contribution in [0.3, 0.4) is 0 Å². The minimum atomic E-state index is 0.662. The summed E-state index contributed by atoms with van der Waals surface area (Å²) in [6.45, 7) is 2.02. The molecule has 0 saturated heterocycles. The first-order chi connectivity index (χ1) is 7.25. The van der Waals surface area contributed by atoms with Crippen molar-refractivity contribution in [1.82, 2.24) is 14.6 Å². The highest BCUT2D eigenvalue weighted by atomic mass is 35.5. The molecule has 0 amide bonds. The first-order valence-electron chi connectivity index (χ1n) is 4.28. The molecular weight excluding hydrogens is 250 g/mol. The minimum Gasteiger partial charge on any atom is -0.250 e. The third-order valence-corrected chi connectivity index (χ3v) is 3.69. The fourth-order valence-corrected chi connectivity index (χ4v) is 2.54. The van der Waals surface area contributed by atoms with Crippen LogP contribution in [0.4, 0.5) is 0 Å². The van der Waals surface area contributed by atoms with E-state index in [1.807, 2.05) is 25.3 Å². The van der Waals surface area contributed by atoms with Gasteiger partial charge in [-0.15, -0.1) is 5.10 Å². The summed E-state index contributed by atoms with van der Waals surface area (Å²) >= 11 is 8.71. The van der Waals surface area contributed by atoms with E-state index in [4.69, 9.17) is 11.6 Å². The van der Waals surface area contributed by atoms with Crippen molar-refractivity contribution in [3.63, 3.8) is 0 Å². The van der Waals surface area contributed by atoms with E-state index in [0.29, 0.717) is 10.1 Å². The molecule has 2 rings (SSSR count). The van der Waals surface area contributed by atoms with Crippen LogP contribution in [0, 0.1) is 6.92 Å². The van der Waals surface area contributed by atoms with Gasteiger partial charge in [0, 0.05) is 23.5 Å². The van der Waals surface area contributed by atoms with E-state index in [1.165, 1.54) is 11.5 Å². The number of hydrogen-bond acceptors (Lipinski definition) is 5. The predicted octanol–water partition coefficient (Wildman–Crippen LogP) is 3.19. The molecule has 0 aliphatic rings. The quantitative estimate of drug-likeness (QED) is 0.792. The molecule has 0 aliphatic heterocycles. The lowest BCUT2D eigenvalue weighted by Crippen LogP contribution is -1.85. The third kappa shape index (κ3) is 2.90. The first-order valence-corrected chi connectivity index (χ1v) is 6.41. The van der Waals surface area contributed by atoms with Crippen LogP contribution in [0.15, 0.2) is 23.4 Å². The molecule has 2 aromatic heterocycles. The Hall–Kier alpha value is -0.650. The second kappa shape index (κ2) is 4.92. The van der Waals surface area contributed by atoms with Gasteiger partial charge in [0.25, 0.3) is 0 Å². The largest absolute Gasteiger partial charge is 0.250 e. The Labute approximate surface area is 101 Å². The first kappa shape index (κ1) is 10.9. The molecule has 2 aromatic rings. The van der Waals surface area contributed by atoms with Crippen LogP contribution in [-0.4, -0.2) is 14.6 Å². The number of aryl methyl sites for hydroxylation is 1. The fraction of sp³-hybridized carbons (Fsp3) is 0.222. The van der Waals surface area contributed by atoms with Gasteiger partial charge in [-0.3, -0.25) is 0 Å². The van der Waals surface area contributed by atoms with Gasteiger partial charge < -0.3 is 0 Å². The highest BCUT2D eigenvalue weighted by molar-refractivity contribution is 7.98. The molecule has 0 bridgehead atoms. The second-order valence-electron chi connectivity index (χ2n) is 2.96. The standard InChI is InChI=1S/C9H8ClN3S2/c1-6-2-3-8(11-4-6)14-5-7-9(10)15-13-12-7/h2-4H,5H2,1H3. The van der Waals surface area contributed by atoms with Crippen molar-refractivity contribution in [2.75, 3.05) is 0 Å². The lowest BCUT2D eigenvalue weighted by atomic mass is 10.3. The maximum Gasteiger partial charge on any atom is 0.138 e. The van der Waals surface area contributed by atoms with E-state index in [1.54, 1.807) is 11.8 Å². The monoisotopic (exact) mass is 257 g/mol. The SMILES string of the molecule is Cc1ccc(SCc2nnsc2Cl)nc1. The van der Waals surface area contributed by atoms with E-state index in [2.05, 4.69) is 14.6 Å². The Morgan fingerprint density at radius 1 is 1.47 bits per heavy atom. The minimum absolute atomic E-state index is 0.662. The third-order valence-electron chi connectivity index (χ3n) is 1.75. The number of thioether (sulfide) groups is 1. The summed E-state index contributed by atoms with van der Waals surface area (Å²) in [5.74, 6) is 0.714. The Balaban J connectivity index is 1.99. The van der Waals surface area contributed by atoms with E-state index < -0.39 is 0 Å². The van der Waals surface area contributed by atoms with Crippen molar-refractivity contribution >= 4 is 34.9 Å². The van der Waals surface area contributed by atoms with Gasteiger partial charge in [0.15, 0.2) is 0 Å². The van der Waals surface area contributed by atoms with Gasteiger partial charge in [-0.2, -0.15) is 0 Å². The number of rotatable bonds is 3. The summed E-state index contributed by atoms with van der Waals surface area (Å²) in [6.07, 6.45) is 1.85. The van der Waals surface area contributed by atoms with Crippen LogP contribution in [0.5, 0.6) is 0 Å². The molecule has 0 aromatic carbocycles. The van der Waals surface area contributed by atoms with Gasteiger partial charge in [0.2, 0.25) is 0 Å². The molecule has 0 aliphatic carbocycles. The second-order valence-corrected chi connectivity index (χ2v) is 5.31. The van der Waals surface area contributed by atoms with E-state index in [0.717, 1.165) is 16.3 Å². The van der Waals surface area contributed by atoms with Crippen molar-refractivity contribution in [2.24, 2.45) is 0 Å². The van der Waals surface area contributed by atoms with Gasteiger partial charge in [0.1, 0.15) is 10.0 Å². The molecule has 0 atom stereocenters. The normalized spacial score (nSPS) is 10.5. The number of pyridine rings is 1. The van der Waals surface area contributed by atoms with E-state index >= 15 is 0 Å². The van der Waals surface area contributed by atoms with Crippen molar-refractivity contribution in [3.8, 4) is 0 Å². The van der Waals surface area contributed by atoms with Crippen LogP contribution in [0.1, 0.15) is 11.3 Å². The van der Waals surface area contributed by atoms with Gasteiger partial charge in [0.05, 0.1) is 5.03 Å². The lowest BCUT2D eigenvalue weighted by molar-refractivity contribution is 1.06. The Morgan fingerprint density at radius 2 is 2.33 bits per heavy atom. The topological polar surface area (TPSA) is 38.7 Å². The Morgan fingerprint density at radius 3 is 2.93 bits per heavy atom. The molecule has 0 saturated carbocycles. The molecule has 0 fully saturated rings. The summed E-state index contributed by atoms with van der Waals surface area (Å²) < 4.78 is 4.44. The van der Waals surface area contributed by atoms with Crippen LogP contribution in [-0.2, 0) is 5.75 Å². The molecule has 0 spiro atoms. The van der Waals surface area contributed by atoms with E-state index in [9.17, 15) is 0 Å². The Kier molecular flexibility index (Phi) is 3.56. The number of halogens is 1. The lowest BCUT2D eigenvalue weighted by Gasteiger charge is -1.98. The number of hydrogen-bond donors (Lipinski definition) is 0. The van der Waals surface area contributed by atoms with Crippen molar-refractivity contribution in [3.05, 3.63) is 33.9 Å². The molecule has 3 nitrogen and oxygen atoms in total. The van der Waals surface area contributed by atoms with E-state index in [-0.39, 0.29) is 0 Å². The van der Waals surface area contributed by atoms with Crippen molar-refractivity contribution in [1.29, 1.82) is 0 Å². The summed E-state index contributed by atoms with van der Waals surface area (Å²) in [5, 5.41) is 4.91. The maximum atomic E-state index is 5.89. The zero-order valence-corrected chi connectivity index (χ0v) is 10.4. The Bertz CT molecular complexity index is 441. The van der Waals surface area contributed by atoms with Gasteiger partial charge in [-0.25, -0.2) is 4.98 Å². The molecule has 0 N–H and O–H groups in total. The molecule has 0 radical (unpaired) electrons. The number of aromatic nitrogens is 3. The molecule has 0 unspecified atom stereocenters. The number of nitrogens with zero attached hydrogens (tertiary/aromatic N) is 3. The molecular formula is C9H8ClN3S2. The van der Waals surface area contributed by atoms with Crippen molar-refractivity contribution < 1.29 is 0 Å². The molecule has 6 heteroatoms. The van der Waals surface area contributed by atoms with Gasteiger partial charge in [-0.1, -0.05) is 33.9 Å².